The molecule has 4 aliphatic rings. The first kappa shape index (κ1) is 22.7. The Kier molecular flexibility index (Phi) is 4.92. The van der Waals surface area contributed by atoms with Crippen molar-refractivity contribution in [3.05, 3.63) is 131 Å². The summed E-state index contributed by atoms with van der Waals surface area (Å²) < 4.78 is 5.75. The molecule has 8 rings (SSSR count). The highest BCUT2D eigenvalue weighted by Crippen LogP contribution is 2.67. The fraction of sp³-hybridized carbons (Fsp3) is 0.182. The van der Waals surface area contributed by atoms with E-state index in [-0.39, 0.29) is 35.8 Å². The lowest BCUT2D eigenvalue weighted by molar-refractivity contribution is -0.134. The van der Waals surface area contributed by atoms with E-state index in [4.69, 9.17) is 4.74 Å². The largest absolute Gasteiger partial charge is 0.424 e. The van der Waals surface area contributed by atoms with Gasteiger partial charge in [-0.15, -0.1) is 0 Å². The number of imide groups is 1. The molecule has 0 aromatic heterocycles. The van der Waals surface area contributed by atoms with Crippen LogP contribution in [-0.4, -0.2) is 17.8 Å². The molecular formula is C33H25NO4. The van der Waals surface area contributed by atoms with Crippen LogP contribution in [0.1, 0.15) is 46.6 Å². The third-order valence-electron chi connectivity index (χ3n) is 8.53. The molecule has 0 N–H and O–H groups in total. The predicted octanol–water partition coefficient (Wildman–Crippen LogP) is 5.62. The number of carbonyl (C=O) groups is 3. The topological polar surface area (TPSA) is 63.7 Å². The third-order valence-corrected chi connectivity index (χ3v) is 8.53. The van der Waals surface area contributed by atoms with E-state index in [1.807, 2.05) is 61.5 Å². The lowest BCUT2D eigenvalue weighted by atomic mass is 9.48. The minimum Gasteiger partial charge on any atom is -0.424 e. The van der Waals surface area contributed by atoms with E-state index in [1.165, 1.54) is 4.90 Å². The summed E-state index contributed by atoms with van der Waals surface area (Å²) in [5.41, 5.74) is 4.64. The number of amides is 2. The molecule has 1 heterocycles. The number of rotatable bonds is 4. The van der Waals surface area contributed by atoms with Gasteiger partial charge in [0.15, 0.2) is 5.75 Å². The van der Waals surface area contributed by atoms with Crippen molar-refractivity contribution in [2.24, 2.45) is 11.3 Å². The Labute approximate surface area is 220 Å². The van der Waals surface area contributed by atoms with Crippen LogP contribution in [0.25, 0.3) is 0 Å². The maximum absolute atomic E-state index is 14.4. The van der Waals surface area contributed by atoms with Crippen LogP contribution in [-0.2, 0) is 20.8 Å². The molecular weight excluding hydrogens is 474 g/mol. The first-order chi connectivity index (χ1) is 18.5. The zero-order valence-electron chi connectivity index (χ0n) is 20.8. The number of carbonyl (C=O) groups excluding carboxylic acids is 3. The molecule has 1 aliphatic heterocycles. The molecule has 2 atom stereocenters. The van der Waals surface area contributed by atoms with Crippen LogP contribution in [0.2, 0.25) is 0 Å². The number of hydrogen-bond donors (Lipinski definition) is 0. The highest BCUT2D eigenvalue weighted by atomic mass is 16.5. The minimum atomic E-state index is -0.953. The molecule has 2 amide bonds. The van der Waals surface area contributed by atoms with Crippen LogP contribution >= 0.6 is 0 Å². The second kappa shape index (κ2) is 8.25. The Hall–Kier alpha value is -4.51. The molecule has 0 unspecified atom stereocenters. The molecule has 0 spiro atoms. The van der Waals surface area contributed by atoms with Crippen LogP contribution in [0.15, 0.2) is 103 Å². The molecule has 38 heavy (non-hydrogen) atoms. The smallest absolute Gasteiger partial charge is 0.315 e. The van der Waals surface area contributed by atoms with Crippen molar-refractivity contribution >= 4 is 23.5 Å². The minimum absolute atomic E-state index is 0.0895. The molecule has 1 saturated heterocycles. The van der Waals surface area contributed by atoms with Crippen molar-refractivity contribution in [2.45, 2.75) is 25.2 Å². The Morgan fingerprint density at radius 3 is 1.97 bits per heavy atom. The van der Waals surface area contributed by atoms with E-state index < -0.39 is 17.3 Å². The van der Waals surface area contributed by atoms with Crippen molar-refractivity contribution in [1.29, 1.82) is 0 Å². The highest BCUT2D eigenvalue weighted by molar-refractivity contribution is 6.25. The first-order valence-electron chi connectivity index (χ1n) is 12.9. The molecule has 2 bridgehead atoms. The van der Waals surface area contributed by atoms with Gasteiger partial charge < -0.3 is 4.74 Å². The molecule has 0 radical (unpaired) electrons. The highest BCUT2D eigenvalue weighted by Gasteiger charge is 2.69. The Balaban J connectivity index is 1.31. The number of ether oxygens (including phenoxy) is 1. The number of esters is 1. The average molecular weight is 500 g/mol. The van der Waals surface area contributed by atoms with Gasteiger partial charge in [0.25, 0.3) is 0 Å². The van der Waals surface area contributed by atoms with Crippen LogP contribution in [0, 0.1) is 11.3 Å². The van der Waals surface area contributed by atoms with Gasteiger partial charge in [-0.05, 0) is 46.9 Å². The zero-order valence-corrected chi connectivity index (χ0v) is 20.8. The molecule has 4 aromatic rings. The lowest BCUT2D eigenvalue weighted by Crippen LogP contribution is -2.49. The molecule has 5 heteroatoms. The van der Waals surface area contributed by atoms with Gasteiger partial charge in [0, 0.05) is 11.8 Å². The van der Waals surface area contributed by atoms with E-state index in [0.29, 0.717) is 5.69 Å². The number of para-hydroxylation sites is 2. The van der Waals surface area contributed by atoms with E-state index in [1.54, 1.807) is 24.3 Å². The van der Waals surface area contributed by atoms with Crippen molar-refractivity contribution in [3.63, 3.8) is 0 Å². The van der Waals surface area contributed by atoms with Gasteiger partial charge >= 0.3 is 5.97 Å². The van der Waals surface area contributed by atoms with Crippen molar-refractivity contribution in [3.8, 4) is 5.75 Å². The van der Waals surface area contributed by atoms with Crippen LogP contribution < -0.4 is 9.64 Å². The van der Waals surface area contributed by atoms with Gasteiger partial charge in [-0.2, -0.15) is 0 Å². The third kappa shape index (κ3) is 3.02. The van der Waals surface area contributed by atoms with Gasteiger partial charge in [0.2, 0.25) is 11.8 Å². The second-order valence-electron chi connectivity index (χ2n) is 10.5. The summed E-state index contributed by atoms with van der Waals surface area (Å²) in [6, 6.07) is 32.5. The quantitative estimate of drug-likeness (QED) is 0.208. The number of anilines is 1. The molecule has 1 fully saturated rings. The zero-order chi connectivity index (χ0) is 26.0. The second-order valence-corrected chi connectivity index (χ2v) is 10.5. The summed E-state index contributed by atoms with van der Waals surface area (Å²) in [6.45, 7) is 1.94. The number of hydrogen-bond acceptors (Lipinski definition) is 4. The van der Waals surface area contributed by atoms with E-state index in [9.17, 15) is 14.4 Å². The normalized spacial score (nSPS) is 24.6. The standard InChI is InChI=1S/C33H25NO4/c1-33-29-23-15-7-5-13-21(23)28(22-14-6-8-16-24(22)29)30(33)31(36)34(32(33)37)25-17-9-10-18-26(25)38-27(35)19-20-11-3-2-4-12-20/h2-18,28-30H,19H2,1H3/t28?,29?,30-,33-/m0/s1. The Bertz CT molecular complexity index is 1580. The number of nitrogens with zero attached hydrogens (tertiary/aromatic N) is 1. The summed E-state index contributed by atoms with van der Waals surface area (Å²) in [5.74, 6) is -1.74. The van der Waals surface area contributed by atoms with E-state index in [2.05, 4.69) is 24.3 Å². The summed E-state index contributed by atoms with van der Waals surface area (Å²) in [4.78, 5) is 42.7. The molecule has 186 valence electrons. The van der Waals surface area contributed by atoms with Crippen LogP contribution in [0.4, 0.5) is 5.69 Å². The fourth-order valence-electron chi connectivity index (χ4n) is 6.99. The molecule has 0 saturated carbocycles. The summed E-state index contributed by atoms with van der Waals surface area (Å²) in [7, 11) is 0. The fourth-order valence-corrected chi connectivity index (χ4v) is 6.99. The summed E-state index contributed by atoms with van der Waals surface area (Å²) in [5, 5.41) is 0. The van der Waals surface area contributed by atoms with Crippen molar-refractivity contribution in [1.82, 2.24) is 0 Å². The summed E-state index contributed by atoms with van der Waals surface area (Å²) >= 11 is 0. The number of benzene rings is 4. The molecule has 5 nitrogen and oxygen atoms in total. The van der Waals surface area contributed by atoms with Crippen molar-refractivity contribution < 1.29 is 19.1 Å². The van der Waals surface area contributed by atoms with Crippen LogP contribution in [0.3, 0.4) is 0 Å². The van der Waals surface area contributed by atoms with Gasteiger partial charge in [0.1, 0.15) is 0 Å². The maximum atomic E-state index is 14.4. The molecule has 3 aliphatic carbocycles. The summed E-state index contributed by atoms with van der Waals surface area (Å²) in [6.07, 6.45) is 0.0895. The van der Waals surface area contributed by atoms with E-state index in [0.717, 1.165) is 27.8 Å². The van der Waals surface area contributed by atoms with Crippen LogP contribution in [0.5, 0.6) is 5.75 Å². The average Bonchev–Trinajstić information content (AvgIpc) is 3.14. The van der Waals surface area contributed by atoms with Gasteiger partial charge in [0.05, 0.1) is 23.4 Å². The predicted molar refractivity (Wildman–Crippen MR) is 143 cm³/mol. The monoisotopic (exact) mass is 499 g/mol. The molecule has 4 aromatic carbocycles. The lowest BCUT2D eigenvalue weighted by Gasteiger charge is -2.51. The van der Waals surface area contributed by atoms with Gasteiger partial charge in [-0.25, -0.2) is 4.90 Å². The first-order valence-corrected chi connectivity index (χ1v) is 12.9. The van der Waals surface area contributed by atoms with E-state index >= 15 is 0 Å². The Morgan fingerprint density at radius 1 is 0.763 bits per heavy atom. The van der Waals surface area contributed by atoms with Gasteiger partial charge in [-0.1, -0.05) is 91.0 Å². The van der Waals surface area contributed by atoms with Crippen molar-refractivity contribution in [2.75, 3.05) is 4.90 Å². The SMILES string of the molecule is C[C@@]12C(=O)N(c3ccccc3OC(=O)Cc3ccccc3)C(=O)[C@@H]1C1c3ccccc3C2c2ccccc21. The Morgan fingerprint density at radius 2 is 1.32 bits per heavy atom. The maximum Gasteiger partial charge on any atom is 0.315 e. The van der Waals surface area contributed by atoms with Gasteiger partial charge in [-0.3, -0.25) is 14.4 Å².